The number of hydrogen-bond acceptors (Lipinski definition) is 5. The molecule has 22 heavy (non-hydrogen) atoms. The zero-order valence-electron chi connectivity index (χ0n) is 12.0. The van der Waals surface area contributed by atoms with Crippen LogP contribution in [0.4, 0.5) is 18.9 Å². The van der Waals surface area contributed by atoms with Crippen LogP contribution in [0.5, 0.6) is 0 Å². The summed E-state index contributed by atoms with van der Waals surface area (Å²) in [6, 6.07) is 7.52. The second-order valence-corrected chi connectivity index (χ2v) is 5.62. The van der Waals surface area contributed by atoms with Gasteiger partial charge in [-0.05, 0) is 24.3 Å². The van der Waals surface area contributed by atoms with Crippen molar-refractivity contribution in [2.24, 2.45) is 0 Å². The van der Waals surface area contributed by atoms with Gasteiger partial charge in [-0.25, -0.2) is 4.39 Å². The van der Waals surface area contributed by atoms with Gasteiger partial charge in [-0.1, -0.05) is 11.8 Å². The highest BCUT2D eigenvalue weighted by atomic mass is 32.2. The maximum Gasteiger partial charge on any atom is 0.301 e. The Morgan fingerprint density at radius 2 is 1.82 bits per heavy atom. The summed E-state index contributed by atoms with van der Waals surface area (Å²) in [5, 5.41) is 7.91. The van der Waals surface area contributed by atoms with Gasteiger partial charge < -0.3 is 9.32 Å². The number of aromatic nitrogens is 2. The number of benzene rings is 1. The normalized spacial score (nSPS) is 10.6. The van der Waals surface area contributed by atoms with E-state index in [-0.39, 0.29) is 17.4 Å². The maximum absolute atomic E-state index is 12.6. The molecular formula is C14H14F3N3OS. The molecule has 0 saturated carbocycles. The molecule has 8 heteroatoms. The maximum atomic E-state index is 12.6. The molecule has 2 rings (SSSR count). The lowest BCUT2D eigenvalue weighted by Crippen LogP contribution is -2.07. The van der Waals surface area contributed by atoms with Crippen molar-refractivity contribution in [3.05, 3.63) is 36.2 Å². The van der Waals surface area contributed by atoms with Crippen molar-refractivity contribution < 1.29 is 17.6 Å². The number of anilines is 1. The molecule has 1 aromatic carbocycles. The van der Waals surface area contributed by atoms with E-state index in [4.69, 9.17) is 4.42 Å². The molecule has 0 saturated heterocycles. The summed E-state index contributed by atoms with van der Waals surface area (Å²) < 4.78 is 41.9. The molecule has 0 aliphatic heterocycles. The van der Waals surface area contributed by atoms with E-state index >= 15 is 0 Å². The van der Waals surface area contributed by atoms with Crippen molar-refractivity contribution in [2.45, 2.75) is 11.6 Å². The highest BCUT2D eigenvalue weighted by molar-refractivity contribution is 7.99. The van der Waals surface area contributed by atoms with Crippen LogP contribution in [0.15, 0.2) is 45.8 Å². The van der Waals surface area contributed by atoms with Crippen LogP contribution < -0.4 is 4.90 Å². The Morgan fingerprint density at radius 1 is 1.14 bits per heavy atom. The monoisotopic (exact) mass is 329 g/mol. The molecule has 4 nitrogen and oxygen atoms in total. The zero-order chi connectivity index (χ0) is 16.1. The fourth-order valence-electron chi connectivity index (χ4n) is 1.61. The van der Waals surface area contributed by atoms with Crippen LogP contribution in [0.1, 0.15) is 6.42 Å². The van der Waals surface area contributed by atoms with Gasteiger partial charge >= 0.3 is 6.08 Å². The molecule has 0 aliphatic carbocycles. The number of rotatable bonds is 6. The van der Waals surface area contributed by atoms with Crippen LogP contribution in [-0.4, -0.2) is 30.0 Å². The average Bonchev–Trinajstić information content (AvgIpc) is 2.96. The first kappa shape index (κ1) is 16.4. The lowest BCUT2D eigenvalue weighted by molar-refractivity contribution is 0.373. The van der Waals surface area contributed by atoms with E-state index < -0.39 is 11.9 Å². The van der Waals surface area contributed by atoms with Gasteiger partial charge in [0.1, 0.15) is 0 Å². The van der Waals surface area contributed by atoms with Gasteiger partial charge in [0, 0.05) is 37.5 Å². The van der Waals surface area contributed by atoms with Crippen molar-refractivity contribution in [3.8, 4) is 11.5 Å². The van der Waals surface area contributed by atoms with Crippen molar-refractivity contribution in [2.75, 3.05) is 24.7 Å². The summed E-state index contributed by atoms with van der Waals surface area (Å²) in [7, 11) is 3.87. The minimum atomic E-state index is -2.28. The van der Waals surface area contributed by atoms with Crippen molar-refractivity contribution >= 4 is 17.4 Å². The van der Waals surface area contributed by atoms with Crippen molar-refractivity contribution in [3.63, 3.8) is 0 Å². The summed E-state index contributed by atoms with van der Waals surface area (Å²) in [6.45, 7) is 0. The minimum Gasteiger partial charge on any atom is -0.411 e. The Morgan fingerprint density at radius 3 is 2.41 bits per heavy atom. The van der Waals surface area contributed by atoms with Gasteiger partial charge in [-0.3, -0.25) is 0 Å². The number of allylic oxidation sites excluding steroid dienone is 1. The quantitative estimate of drug-likeness (QED) is 0.737. The van der Waals surface area contributed by atoms with Crippen molar-refractivity contribution in [1.82, 2.24) is 10.2 Å². The smallest absolute Gasteiger partial charge is 0.301 e. The summed E-state index contributed by atoms with van der Waals surface area (Å²) in [5.41, 5.74) is 1.79. The van der Waals surface area contributed by atoms with Gasteiger partial charge in [0.05, 0.1) is 0 Å². The van der Waals surface area contributed by atoms with E-state index in [0.29, 0.717) is 5.89 Å². The molecule has 2 aromatic rings. The third-order valence-corrected chi connectivity index (χ3v) is 3.61. The summed E-state index contributed by atoms with van der Waals surface area (Å²) >= 11 is 1.03. The highest BCUT2D eigenvalue weighted by Gasteiger charge is 2.11. The number of hydrogen-bond donors (Lipinski definition) is 0. The average molecular weight is 329 g/mol. The molecule has 1 heterocycles. The third kappa shape index (κ3) is 4.27. The molecule has 118 valence electrons. The molecule has 0 N–H and O–H groups in total. The molecule has 0 atom stereocenters. The largest absolute Gasteiger partial charge is 0.411 e. The minimum absolute atomic E-state index is 0.102. The molecule has 0 spiro atoms. The van der Waals surface area contributed by atoms with Crippen LogP contribution in [0.2, 0.25) is 0 Å². The fraction of sp³-hybridized carbons (Fsp3) is 0.286. The second kappa shape index (κ2) is 7.35. The Labute approximate surface area is 130 Å². The summed E-state index contributed by atoms with van der Waals surface area (Å²) in [6.07, 6.45) is -2.66. The second-order valence-electron chi connectivity index (χ2n) is 4.58. The van der Waals surface area contributed by atoms with Crippen LogP contribution in [0.3, 0.4) is 0 Å². The fourth-order valence-corrected chi connectivity index (χ4v) is 2.30. The SMILES string of the molecule is CN(C)c1ccc(-c2nnc(SCCC(F)=C(F)F)o2)cc1. The first-order chi connectivity index (χ1) is 10.5. The topological polar surface area (TPSA) is 42.2 Å². The number of thioether (sulfide) groups is 1. The zero-order valence-corrected chi connectivity index (χ0v) is 12.8. The van der Waals surface area contributed by atoms with Gasteiger partial charge in [0.2, 0.25) is 5.89 Å². The van der Waals surface area contributed by atoms with E-state index in [9.17, 15) is 13.2 Å². The van der Waals surface area contributed by atoms with E-state index in [2.05, 4.69) is 10.2 Å². The Bertz CT molecular complexity index is 652. The van der Waals surface area contributed by atoms with E-state index in [0.717, 1.165) is 23.0 Å². The molecule has 0 bridgehead atoms. The third-order valence-electron chi connectivity index (χ3n) is 2.79. The first-order valence-electron chi connectivity index (χ1n) is 6.41. The molecule has 0 unspecified atom stereocenters. The highest BCUT2D eigenvalue weighted by Crippen LogP contribution is 2.26. The standard InChI is InChI=1S/C14H14F3N3OS/c1-20(2)10-5-3-9(4-6-10)13-18-19-14(21-13)22-8-7-11(15)12(16)17/h3-6H,7-8H2,1-2H3. The number of nitrogens with zero attached hydrogens (tertiary/aromatic N) is 3. The summed E-state index contributed by atoms with van der Waals surface area (Å²) in [5.74, 6) is -0.975. The first-order valence-corrected chi connectivity index (χ1v) is 7.39. The van der Waals surface area contributed by atoms with E-state index in [1.807, 2.05) is 43.3 Å². The van der Waals surface area contributed by atoms with Crippen molar-refractivity contribution in [1.29, 1.82) is 0 Å². The predicted molar refractivity (Wildman–Crippen MR) is 79.8 cm³/mol. The van der Waals surface area contributed by atoms with Crippen LogP contribution in [-0.2, 0) is 0 Å². The Hall–Kier alpha value is -1.96. The van der Waals surface area contributed by atoms with Gasteiger partial charge in [-0.15, -0.1) is 10.2 Å². The molecule has 1 aromatic heterocycles. The van der Waals surface area contributed by atoms with Gasteiger partial charge in [0.25, 0.3) is 5.22 Å². The lowest BCUT2D eigenvalue weighted by Gasteiger charge is -2.11. The van der Waals surface area contributed by atoms with Crippen LogP contribution in [0, 0.1) is 0 Å². The lowest BCUT2D eigenvalue weighted by atomic mass is 10.2. The Balaban J connectivity index is 1.98. The van der Waals surface area contributed by atoms with Gasteiger partial charge in [-0.2, -0.15) is 8.78 Å². The molecule has 0 aliphatic rings. The van der Waals surface area contributed by atoms with E-state index in [1.165, 1.54) is 0 Å². The van der Waals surface area contributed by atoms with Crippen LogP contribution >= 0.6 is 11.8 Å². The molecule has 0 fully saturated rings. The van der Waals surface area contributed by atoms with E-state index in [1.54, 1.807) is 0 Å². The number of halogens is 3. The molecule has 0 radical (unpaired) electrons. The van der Waals surface area contributed by atoms with Crippen LogP contribution in [0.25, 0.3) is 11.5 Å². The molecular weight excluding hydrogens is 315 g/mol. The summed E-state index contributed by atoms with van der Waals surface area (Å²) in [4.78, 5) is 1.96. The Kier molecular flexibility index (Phi) is 5.48. The predicted octanol–water partition coefficient (Wildman–Crippen LogP) is 4.36. The van der Waals surface area contributed by atoms with Gasteiger partial charge in [0.15, 0.2) is 5.83 Å². The molecule has 0 amide bonds.